The first kappa shape index (κ1) is 15.8. The minimum atomic E-state index is -2.83. The van der Waals surface area contributed by atoms with Crippen LogP contribution in [0.25, 0.3) is 0 Å². The lowest BCUT2D eigenvalue weighted by Gasteiger charge is -2.14. The standard InChI is InChI=1S/C10H14F2N4O2.ClH/c1-5(9-15-6(2)16-18-9)14-8(17)7-3-10(11,12)4-13-7;/h5,7,13H,3-4H2,1-2H3,(H,14,17);1H. The van der Waals surface area contributed by atoms with E-state index in [2.05, 4.69) is 20.8 Å². The van der Waals surface area contributed by atoms with Crippen molar-refractivity contribution in [3.05, 3.63) is 11.7 Å². The summed E-state index contributed by atoms with van der Waals surface area (Å²) in [5.74, 6) is -2.61. The molecule has 0 radical (unpaired) electrons. The molecule has 19 heavy (non-hydrogen) atoms. The average molecular weight is 297 g/mol. The number of alkyl halides is 2. The number of nitrogens with zero attached hydrogens (tertiary/aromatic N) is 2. The summed E-state index contributed by atoms with van der Waals surface area (Å²) in [7, 11) is 0. The molecule has 1 aromatic rings. The summed E-state index contributed by atoms with van der Waals surface area (Å²) in [5, 5.41) is 8.63. The van der Waals surface area contributed by atoms with Gasteiger partial charge in [-0.1, -0.05) is 5.16 Å². The van der Waals surface area contributed by atoms with Crippen molar-refractivity contribution >= 4 is 18.3 Å². The van der Waals surface area contributed by atoms with Gasteiger partial charge in [-0.25, -0.2) is 8.78 Å². The van der Waals surface area contributed by atoms with Gasteiger partial charge in [0.1, 0.15) is 6.04 Å². The first-order valence-electron chi connectivity index (χ1n) is 5.59. The molecular formula is C10H15ClF2N4O2. The summed E-state index contributed by atoms with van der Waals surface area (Å²) in [6.45, 7) is 2.83. The Morgan fingerprint density at radius 2 is 2.32 bits per heavy atom. The van der Waals surface area contributed by atoms with Crippen molar-refractivity contribution in [1.82, 2.24) is 20.8 Å². The van der Waals surface area contributed by atoms with Crippen LogP contribution >= 0.6 is 12.4 Å². The second kappa shape index (κ2) is 5.79. The average Bonchev–Trinajstić information content (AvgIpc) is 2.84. The Labute approximate surface area is 114 Å². The predicted octanol–water partition coefficient (Wildman–Crippen LogP) is 0.974. The molecule has 2 heterocycles. The summed E-state index contributed by atoms with van der Waals surface area (Å²) in [6, 6.07) is -1.39. The van der Waals surface area contributed by atoms with Gasteiger partial charge in [0.25, 0.3) is 5.92 Å². The van der Waals surface area contributed by atoms with Crippen molar-refractivity contribution in [2.75, 3.05) is 6.54 Å². The highest BCUT2D eigenvalue weighted by Gasteiger charge is 2.42. The third-order valence-corrected chi connectivity index (χ3v) is 2.70. The minimum absolute atomic E-state index is 0. The van der Waals surface area contributed by atoms with Gasteiger partial charge < -0.3 is 9.84 Å². The van der Waals surface area contributed by atoms with Gasteiger partial charge in [0, 0.05) is 6.42 Å². The highest BCUT2D eigenvalue weighted by Crippen LogP contribution is 2.25. The molecule has 2 N–H and O–H groups in total. The fraction of sp³-hybridized carbons (Fsp3) is 0.700. The molecule has 1 amide bonds. The normalized spacial score (nSPS) is 22.6. The van der Waals surface area contributed by atoms with Crippen LogP contribution in [-0.4, -0.2) is 34.6 Å². The highest BCUT2D eigenvalue weighted by atomic mass is 35.5. The van der Waals surface area contributed by atoms with Crippen molar-refractivity contribution < 1.29 is 18.1 Å². The summed E-state index contributed by atoms with van der Waals surface area (Å²) in [4.78, 5) is 15.7. The molecule has 0 aromatic carbocycles. The second-order valence-corrected chi connectivity index (χ2v) is 4.40. The van der Waals surface area contributed by atoms with E-state index in [0.29, 0.717) is 5.82 Å². The van der Waals surface area contributed by atoms with Crippen LogP contribution in [0.3, 0.4) is 0 Å². The van der Waals surface area contributed by atoms with Crippen LogP contribution in [0.5, 0.6) is 0 Å². The molecular weight excluding hydrogens is 282 g/mol. The zero-order valence-electron chi connectivity index (χ0n) is 10.4. The number of carbonyl (C=O) groups excluding carboxylic acids is 1. The van der Waals surface area contributed by atoms with Crippen LogP contribution in [0.2, 0.25) is 0 Å². The van der Waals surface area contributed by atoms with Crippen molar-refractivity contribution in [2.24, 2.45) is 0 Å². The summed E-state index contributed by atoms with van der Waals surface area (Å²) in [5.41, 5.74) is 0. The summed E-state index contributed by atoms with van der Waals surface area (Å²) >= 11 is 0. The van der Waals surface area contributed by atoms with E-state index >= 15 is 0 Å². The maximum absolute atomic E-state index is 12.9. The van der Waals surface area contributed by atoms with Gasteiger partial charge >= 0.3 is 0 Å². The Morgan fingerprint density at radius 1 is 1.63 bits per heavy atom. The lowest BCUT2D eigenvalue weighted by Crippen LogP contribution is -2.41. The number of aryl methyl sites for hydroxylation is 1. The monoisotopic (exact) mass is 296 g/mol. The molecule has 1 aliphatic rings. The van der Waals surface area contributed by atoms with Crippen LogP contribution in [-0.2, 0) is 4.79 Å². The zero-order valence-corrected chi connectivity index (χ0v) is 11.3. The fourth-order valence-corrected chi connectivity index (χ4v) is 1.77. The molecule has 9 heteroatoms. The van der Waals surface area contributed by atoms with Crippen LogP contribution in [0.15, 0.2) is 4.52 Å². The molecule has 0 spiro atoms. The lowest BCUT2D eigenvalue weighted by molar-refractivity contribution is -0.124. The molecule has 1 aromatic heterocycles. The van der Waals surface area contributed by atoms with E-state index < -0.39 is 36.9 Å². The number of amides is 1. The van der Waals surface area contributed by atoms with Gasteiger partial charge in [0.05, 0.1) is 12.6 Å². The molecule has 0 saturated carbocycles. The second-order valence-electron chi connectivity index (χ2n) is 4.40. The fourth-order valence-electron chi connectivity index (χ4n) is 1.77. The number of rotatable bonds is 3. The number of hydrogen-bond donors (Lipinski definition) is 2. The molecule has 2 unspecified atom stereocenters. The van der Waals surface area contributed by atoms with Gasteiger partial charge in [-0.3, -0.25) is 10.1 Å². The molecule has 6 nitrogen and oxygen atoms in total. The quantitative estimate of drug-likeness (QED) is 0.869. The van der Waals surface area contributed by atoms with Gasteiger partial charge in [0.2, 0.25) is 11.8 Å². The first-order valence-corrected chi connectivity index (χ1v) is 5.59. The van der Waals surface area contributed by atoms with E-state index in [1.807, 2.05) is 0 Å². The van der Waals surface area contributed by atoms with E-state index in [1.165, 1.54) is 0 Å². The Kier molecular flexibility index (Phi) is 4.81. The molecule has 108 valence electrons. The Balaban J connectivity index is 0.00000180. The highest BCUT2D eigenvalue weighted by molar-refractivity contribution is 5.85. The number of halogens is 3. The number of hydrogen-bond acceptors (Lipinski definition) is 5. The molecule has 2 rings (SSSR count). The Bertz CT molecular complexity index is 454. The van der Waals surface area contributed by atoms with Crippen molar-refractivity contribution in [2.45, 2.75) is 38.3 Å². The van der Waals surface area contributed by atoms with E-state index in [-0.39, 0.29) is 18.3 Å². The number of nitrogens with one attached hydrogen (secondary N) is 2. The van der Waals surface area contributed by atoms with Gasteiger partial charge in [-0.15, -0.1) is 12.4 Å². The van der Waals surface area contributed by atoms with Gasteiger partial charge in [-0.2, -0.15) is 4.98 Å². The molecule has 0 bridgehead atoms. The molecule has 1 fully saturated rings. The summed E-state index contributed by atoms with van der Waals surface area (Å²) in [6.07, 6.45) is -0.492. The first-order chi connectivity index (χ1) is 8.37. The smallest absolute Gasteiger partial charge is 0.262 e. The minimum Gasteiger partial charge on any atom is -0.343 e. The molecule has 2 atom stereocenters. The van der Waals surface area contributed by atoms with Crippen molar-refractivity contribution in [1.29, 1.82) is 0 Å². The number of aromatic nitrogens is 2. The van der Waals surface area contributed by atoms with Crippen molar-refractivity contribution in [3.63, 3.8) is 0 Å². The van der Waals surface area contributed by atoms with E-state index in [4.69, 9.17) is 4.52 Å². The summed E-state index contributed by atoms with van der Waals surface area (Å²) < 4.78 is 30.8. The number of carbonyl (C=O) groups is 1. The third-order valence-electron chi connectivity index (χ3n) is 2.70. The zero-order chi connectivity index (χ0) is 13.3. The third kappa shape index (κ3) is 3.84. The molecule has 1 aliphatic heterocycles. The van der Waals surface area contributed by atoms with Gasteiger partial charge in [-0.05, 0) is 13.8 Å². The lowest BCUT2D eigenvalue weighted by atomic mass is 10.1. The predicted molar refractivity (Wildman–Crippen MR) is 64.2 cm³/mol. The molecule has 0 aliphatic carbocycles. The molecule has 1 saturated heterocycles. The van der Waals surface area contributed by atoms with E-state index in [1.54, 1.807) is 13.8 Å². The van der Waals surface area contributed by atoms with Crippen molar-refractivity contribution in [3.8, 4) is 0 Å². The van der Waals surface area contributed by atoms with Crippen LogP contribution in [0.1, 0.15) is 31.1 Å². The largest absolute Gasteiger partial charge is 0.343 e. The van der Waals surface area contributed by atoms with Crippen LogP contribution in [0, 0.1) is 6.92 Å². The SMILES string of the molecule is Cc1noc(C(C)NC(=O)C2CC(F)(F)CN2)n1.Cl. The Hall–Kier alpha value is -1.28. The van der Waals surface area contributed by atoms with E-state index in [0.717, 1.165) is 0 Å². The Morgan fingerprint density at radius 3 is 2.79 bits per heavy atom. The maximum Gasteiger partial charge on any atom is 0.262 e. The topological polar surface area (TPSA) is 80.0 Å². The van der Waals surface area contributed by atoms with Crippen LogP contribution in [0.4, 0.5) is 8.78 Å². The van der Waals surface area contributed by atoms with Gasteiger partial charge in [0.15, 0.2) is 5.82 Å². The maximum atomic E-state index is 12.9. The van der Waals surface area contributed by atoms with Crippen LogP contribution < -0.4 is 10.6 Å². The van der Waals surface area contributed by atoms with E-state index in [9.17, 15) is 13.6 Å².